The first-order valence-corrected chi connectivity index (χ1v) is 12.7. The lowest BCUT2D eigenvalue weighted by Gasteiger charge is -2.31. The number of morpholine rings is 1. The molecule has 2 amide bonds. The first-order chi connectivity index (χ1) is 15.9. The van der Waals surface area contributed by atoms with Gasteiger partial charge in [0.15, 0.2) is 5.76 Å². The zero-order valence-electron chi connectivity index (χ0n) is 18.4. The number of furan rings is 1. The quantitative estimate of drug-likeness (QED) is 0.652. The first-order valence-electron chi connectivity index (χ1n) is 11.2. The number of sulfonamides is 1. The van der Waals surface area contributed by atoms with Crippen molar-refractivity contribution in [1.82, 2.24) is 14.5 Å². The molecule has 2 aliphatic rings. The van der Waals surface area contributed by atoms with Gasteiger partial charge < -0.3 is 19.4 Å². The molecule has 9 nitrogen and oxygen atoms in total. The first kappa shape index (κ1) is 23.5. The minimum atomic E-state index is -3.51. The van der Waals surface area contributed by atoms with Gasteiger partial charge in [0.25, 0.3) is 5.91 Å². The van der Waals surface area contributed by atoms with Crippen LogP contribution in [0.5, 0.6) is 0 Å². The Morgan fingerprint density at radius 2 is 1.70 bits per heavy atom. The number of ether oxygens (including phenoxy) is 1. The summed E-state index contributed by atoms with van der Waals surface area (Å²) in [6.07, 6.45) is 3.73. The Morgan fingerprint density at radius 1 is 1.00 bits per heavy atom. The van der Waals surface area contributed by atoms with Gasteiger partial charge in [-0.15, -0.1) is 0 Å². The SMILES string of the molecule is O=C(CCc1ccc(S(=O)(=O)N2CCOCC2)cc1)NC1CCN(C(=O)c2ccco2)CC1. The number of aryl methyl sites for hydroxylation is 1. The normalized spacial score (nSPS) is 18.2. The average molecular weight is 476 g/mol. The number of amides is 2. The van der Waals surface area contributed by atoms with E-state index in [2.05, 4.69) is 5.32 Å². The standard InChI is InChI=1S/C23H29N3O6S/c27-22(24-19-9-11-25(12-10-19)23(28)21-2-1-15-32-21)8-5-18-3-6-20(7-4-18)33(29,30)26-13-16-31-17-14-26/h1-4,6-7,15,19H,5,8-14,16-17H2,(H,24,27). The maximum absolute atomic E-state index is 12.7. The minimum Gasteiger partial charge on any atom is -0.459 e. The molecule has 33 heavy (non-hydrogen) atoms. The highest BCUT2D eigenvalue weighted by Gasteiger charge is 2.27. The van der Waals surface area contributed by atoms with Crippen molar-refractivity contribution in [3.05, 3.63) is 54.0 Å². The van der Waals surface area contributed by atoms with Crippen molar-refractivity contribution in [2.75, 3.05) is 39.4 Å². The topological polar surface area (TPSA) is 109 Å². The fraction of sp³-hybridized carbons (Fsp3) is 0.478. The Balaban J connectivity index is 1.21. The number of rotatable bonds is 7. The molecule has 2 fully saturated rings. The van der Waals surface area contributed by atoms with E-state index in [4.69, 9.17) is 9.15 Å². The molecular formula is C23H29N3O6S. The molecule has 0 atom stereocenters. The minimum absolute atomic E-state index is 0.0409. The number of likely N-dealkylation sites (tertiary alicyclic amines) is 1. The predicted octanol–water partition coefficient (Wildman–Crippen LogP) is 1.65. The Labute approximate surface area is 193 Å². The Bertz CT molecular complexity index is 1040. The number of carbonyl (C=O) groups is 2. The summed E-state index contributed by atoms with van der Waals surface area (Å²) in [5, 5.41) is 3.05. The molecule has 2 saturated heterocycles. The fourth-order valence-electron chi connectivity index (χ4n) is 4.10. The van der Waals surface area contributed by atoms with Crippen LogP contribution >= 0.6 is 0 Å². The van der Waals surface area contributed by atoms with Gasteiger partial charge in [0.2, 0.25) is 15.9 Å². The molecule has 2 aromatic rings. The van der Waals surface area contributed by atoms with E-state index in [1.54, 1.807) is 41.3 Å². The molecule has 0 aliphatic carbocycles. The van der Waals surface area contributed by atoms with E-state index in [-0.39, 0.29) is 22.8 Å². The van der Waals surface area contributed by atoms with Crippen molar-refractivity contribution < 1.29 is 27.2 Å². The Morgan fingerprint density at radius 3 is 2.33 bits per heavy atom. The van der Waals surface area contributed by atoms with E-state index in [0.717, 1.165) is 5.56 Å². The molecule has 1 aromatic heterocycles. The third kappa shape index (κ3) is 5.82. The fourth-order valence-corrected chi connectivity index (χ4v) is 5.51. The molecule has 0 bridgehead atoms. The van der Waals surface area contributed by atoms with Crippen LogP contribution in [0.1, 0.15) is 35.4 Å². The smallest absolute Gasteiger partial charge is 0.289 e. The number of benzene rings is 1. The second-order valence-corrected chi connectivity index (χ2v) is 10.2. The van der Waals surface area contributed by atoms with Crippen molar-refractivity contribution in [1.29, 1.82) is 0 Å². The van der Waals surface area contributed by atoms with Crippen molar-refractivity contribution in [2.24, 2.45) is 0 Å². The van der Waals surface area contributed by atoms with Crippen LogP contribution in [0.15, 0.2) is 52.0 Å². The molecule has 0 saturated carbocycles. The van der Waals surface area contributed by atoms with E-state index in [0.29, 0.717) is 70.8 Å². The molecule has 1 N–H and O–H groups in total. The molecule has 3 heterocycles. The molecule has 2 aliphatic heterocycles. The number of piperidine rings is 1. The van der Waals surface area contributed by atoms with Crippen molar-refractivity contribution in [3.8, 4) is 0 Å². The summed E-state index contributed by atoms with van der Waals surface area (Å²) in [5.74, 6) is 0.168. The van der Waals surface area contributed by atoms with E-state index < -0.39 is 10.0 Å². The van der Waals surface area contributed by atoms with E-state index in [9.17, 15) is 18.0 Å². The van der Waals surface area contributed by atoms with Gasteiger partial charge in [-0.1, -0.05) is 12.1 Å². The summed E-state index contributed by atoms with van der Waals surface area (Å²) in [6.45, 7) is 2.69. The summed E-state index contributed by atoms with van der Waals surface area (Å²) in [7, 11) is -3.51. The maximum atomic E-state index is 12.7. The van der Waals surface area contributed by atoms with Gasteiger partial charge in [-0.2, -0.15) is 4.31 Å². The number of carbonyl (C=O) groups excluding carboxylic acids is 2. The van der Waals surface area contributed by atoms with Gasteiger partial charge in [-0.05, 0) is 49.1 Å². The monoisotopic (exact) mass is 475 g/mol. The molecule has 10 heteroatoms. The van der Waals surface area contributed by atoms with Crippen LogP contribution in [-0.4, -0.2) is 74.9 Å². The lowest BCUT2D eigenvalue weighted by Crippen LogP contribution is -2.46. The van der Waals surface area contributed by atoms with Crippen LogP contribution < -0.4 is 5.32 Å². The second kappa shape index (κ2) is 10.5. The molecule has 0 unspecified atom stereocenters. The number of nitrogens with one attached hydrogen (secondary N) is 1. The summed E-state index contributed by atoms with van der Waals surface area (Å²) in [5.41, 5.74) is 0.907. The number of hydrogen-bond donors (Lipinski definition) is 1. The number of hydrogen-bond acceptors (Lipinski definition) is 6. The van der Waals surface area contributed by atoms with Crippen LogP contribution in [-0.2, 0) is 26.0 Å². The summed E-state index contributed by atoms with van der Waals surface area (Å²) in [4.78, 5) is 26.7. The van der Waals surface area contributed by atoms with Gasteiger partial charge in [0.05, 0.1) is 24.4 Å². The van der Waals surface area contributed by atoms with Crippen molar-refractivity contribution in [3.63, 3.8) is 0 Å². The van der Waals surface area contributed by atoms with Gasteiger partial charge in [0, 0.05) is 38.6 Å². The van der Waals surface area contributed by atoms with E-state index in [1.165, 1.54) is 10.6 Å². The summed E-state index contributed by atoms with van der Waals surface area (Å²) in [6, 6.07) is 10.1. The third-order valence-corrected chi connectivity index (χ3v) is 7.96. The van der Waals surface area contributed by atoms with Crippen molar-refractivity contribution in [2.45, 2.75) is 36.6 Å². The van der Waals surface area contributed by atoms with E-state index in [1.807, 2.05) is 0 Å². The van der Waals surface area contributed by atoms with Crippen LogP contribution in [0.25, 0.3) is 0 Å². The Kier molecular flexibility index (Phi) is 7.46. The molecule has 4 rings (SSSR count). The Hall–Kier alpha value is -2.69. The summed E-state index contributed by atoms with van der Waals surface area (Å²) >= 11 is 0. The van der Waals surface area contributed by atoms with E-state index >= 15 is 0 Å². The molecule has 0 radical (unpaired) electrons. The molecule has 0 spiro atoms. The maximum Gasteiger partial charge on any atom is 0.289 e. The van der Waals surface area contributed by atoms with Gasteiger partial charge in [-0.3, -0.25) is 9.59 Å². The molecule has 178 valence electrons. The van der Waals surface area contributed by atoms with Crippen LogP contribution in [0.4, 0.5) is 0 Å². The zero-order chi connectivity index (χ0) is 23.3. The summed E-state index contributed by atoms with van der Waals surface area (Å²) < 4.78 is 37.2. The largest absolute Gasteiger partial charge is 0.459 e. The molecule has 1 aromatic carbocycles. The van der Waals surface area contributed by atoms with Crippen LogP contribution in [0, 0.1) is 0 Å². The highest BCUT2D eigenvalue weighted by atomic mass is 32.2. The van der Waals surface area contributed by atoms with Crippen LogP contribution in [0.2, 0.25) is 0 Å². The van der Waals surface area contributed by atoms with Gasteiger partial charge in [-0.25, -0.2) is 8.42 Å². The van der Waals surface area contributed by atoms with Crippen molar-refractivity contribution >= 4 is 21.8 Å². The second-order valence-electron chi connectivity index (χ2n) is 8.27. The highest BCUT2D eigenvalue weighted by Crippen LogP contribution is 2.19. The molecular weight excluding hydrogens is 446 g/mol. The lowest BCUT2D eigenvalue weighted by atomic mass is 10.0. The third-order valence-electron chi connectivity index (χ3n) is 6.05. The highest BCUT2D eigenvalue weighted by molar-refractivity contribution is 7.89. The average Bonchev–Trinajstić information content (AvgIpc) is 3.39. The van der Waals surface area contributed by atoms with Gasteiger partial charge >= 0.3 is 0 Å². The number of nitrogens with zero attached hydrogens (tertiary/aromatic N) is 2. The van der Waals surface area contributed by atoms with Crippen LogP contribution in [0.3, 0.4) is 0 Å². The lowest BCUT2D eigenvalue weighted by molar-refractivity contribution is -0.122. The van der Waals surface area contributed by atoms with Gasteiger partial charge in [0.1, 0.15) is 0 Å². The predicted molar refractivity (Wildman–Crippen MR) is 120 cm³/mol. The zero-order valence-corrected chi connectivity index (χ0v) is 19.3.